The average molecular weight is 390 g/mol. The van der Waals surface area contributed by atoms with Crippen molar-refractivity contribution in [3.63, 3.8) is 0 Å². The van der Waals surface area contributed by atoms with E-state index in [2.05, 4.69) is 10.2 Å². The minimum absolute atomic E-state index is 0.0868. The number of nitrogens with zero attached hydrogens (tertiary/aromatic N) is 2. The largest absolute Gasteiger partial charge is 0.491 e. The predicted molar refractivity (Wildman–Crippen MR) is 94.5 cm³/mol. The molecule has 0 spiro atoms. The van der Waals surface area contributed by atoms with Crippen molar-refractivity contribution in [2.24, 2.45) is 0 Å². The Morgan fingerprint density at radius 1 is 1.46 bits per heavy atom. The normalized spacial score (nSPS) is 17.3. The van der Waals surface area contributed by atoms with E-state index in [-0.39, 0.29) is 11.8 Å². The van der Waals surface area contributed by atoms with Gasteiger partial charge in [-0.05, 0) is 31.0 Å². The lowest BCUT2D eigenvalue weighted by Crippen LogP contribution is -2.25. The van der Waals surface area contributed by atoms with Crippen LogP contribution in [0.1, 0.15) is 12.8 Å². The molecule has 2 heterocycles. The third-order valence-corrected chi connectivity index (χ3v) is 5.07. The van der Waals surface area contributed by atoms with Crippen molar-refractivity contribution in [1.29, 1.82) is 0 Å². The molecule has 1 saturated heterocycles. The SMILES string of the molecule is O=c1[nH]nc(SCCOc2ccc(Cl)cc2Cl)n1CC1CCCO1. The van der Waals surface area contributed by atoms with Crippen molar-refractivity contribution >= 4 is 35.0 Å². The lowest BCUT2D eigenvalue weighted by molar-refractivity contribution is 0.0941. The van der Waals surface area contributed by atoms with Gasteiger partial charge in [-0.2, -0.15) is 0 Å². The van der Waals surface area contributed by atoms with Gasteiger partial charge in [0.05, 0.1) is 24.3 Å². The molecule has 2 aromatic rings. The van der Waals surface area contributed by atoms with E-state index in [4.69, 9.17) is 32.7 Å². The molecule has 1 unspecified atom stereocenters. The van der Waals surface area contributed by atoms with E-state index in [1.165, 1.54) is 11.8 Å². The molecule has 130 valence electrons. The molecule has 24 heavy (non-hydrogen) atoms. The van der Waals surface area contributed by atoms with Crippen molar-refractivity contribution in [1.82, 2.24) is 14.8 Å². The molecule has 1 aromatic carbocycles. The second-order valence-electron chi connectivity index (χ2n) is 5.33. The van der Waals surface area contributed by atoms with Gasteiger partial charge in [-0.3, -0.25) is 4.57 Å². The number of H-pyrrole nitrogens is 1. The Morgan fingerprint density at radius 2 is 2.33 bits per heavy atom. The van der Waals surface area contributed by atoms with Crippen molar-refractivity contribution in [2.75, 3.05) is 19.0 Å². The van der Waals surface area contributed by atoms with Gasteiger partial charge < -0.3 is 9.47 Å². The fraction of sp³-hybridized carbons (Fsp3) is 0.467. The number of halogens is 2. The number of ether oxygens (including phenoxy) is 2. The van der Waals surface area contributed by atoms with Gasteiger partial charge in [-0.1, -0.05) is 35.0 Å². The zero-order valence-electron chi connectivity index (χ0n) is 12.8. The van der Waals surface area contributed by atoms with Crippen molar-refractivity contribution in [2.45, 2.75) is 30.6 Å². The number of thioether (sulfide) groups is 1. The van der Waals surface area contributed by atoms with E-state index in [1.54, 1.807) is 22.8 Å². The second kappa shape index (κ2) is 8.29. The first-order valence-electron chi connectivity index (χ1n) is 7.61. The van der Waals surface area contributed by atoms with Gasteiger partial charge in [-0.15, -0.1) is 5.10 Å². The van der Waals surface area contributed by atoms with E-state index >= 15 is 0 Å². The van der Waals surface area contributed by atoms with E-state index < -0.39 is 0 Å². The van der Waals surface area contributed by atoms with Crippen LogP contribution in [0.3, 0.4) is 0 Å². The van der Waals surface area contributed by atoms with Gasteiger partial charge in [0.25, 0.3) is 0 Å². The van der Waals surface area contributed by atoms with Crippen LogP contribution in [0.2, 0.25) is 10.0 Å². The van der Waals surface area contributed by atoms with E-state index in [9.17, 15) is 4.79 Å². The summed E-state index contributed by atoms with van der Waals surface area (Å²) in [7, 11) is 0. The van der Waals surface area contributed by atoms with Gasteiger partial charge in [0.1, 0.15) is 5.75 Å². The Balaban J connectivity index is 1.52. The van der Waals surface area contributed by atoms with E-state index in [0.717, 1.165) is 19.4 Å². The summed E-state index contributed by atoms with van der Waals surface area (Å²) >= 11 is 13.4. The molecule has 1 aromatic heterocycles. The first-order chi connectivity index (χ1) is 11.6. The van der Waals surface area contributed by atoms with Crippen LogP contribution in [0, 0.1) is 0 Å². The topological polar surface area (TPSA) is 69.1 Å². The highest BCUT2D eigenvalue weighted by molar-refractivity contribution is 7.99. The molecule has 1 fully saturated rings. The second-order valence-corrected chi connectivity index (χ2v) is 7.23. The zero-order chi connectivity index (χ0) is 16.9. The maximum Gasteiger partial charge on any atom is 0.344 e. The number of aromatic amines is 1. The summed E-state index contributed by atoms with van der Waals surface area (Å²) in [4.78, 5) is 11.9. The third kappa shape index (κ3) is 4.47. The van der Waals surface area contributed by atoms with E-state index in [0.29, 0.717) is 39.9 Å². The monoisotopic (exact) mass is 389 g/mol. The lowest BCUT2D eigenvalue weighted by Gasteiger charge is -2.11. The molecule has 1 atom stereocenters. The van der Waals surface area contributed by atoms with Crippen LogP contribution in [0.4, 0.5) is 0 Å². The molecule has 1 N–H and O–H groups in total. The fourth-order valence-electron chi connectivity index (χ4n) is 2.44. The number of aromatic nitrogens is 3. The summed E-state index contributed by atoms with van der Waals surface area (Å²) in [5.41, 5.74) is -0.213. The molecule has 6 nitrogen and oxygen atoms in total. The molecule has 0 amide bonds. The van der Waals surface area contributed by atoms with Crippen molar-refractivity contribution in [3.05, 3.63) is 38.7 Å². The van der Waals surface area contributed by atoms with Gasteiger partial charge in [0.2, 0.25) is 0 Å². The summed E-state index contributed by atoms with van der Waals surface area (Å²) in [5.74, 6) is 1.22. The number of nitrogens with one attached hydrogen (secondary N) is 1. The standard InChI is InChI=1S/C15H17Cl2N3O3S/c16-10-3-4-13(12(17)8-10)23-6-7-24-15-19-18-14(21)20(15)9-11-2-1-5-22-11/h3-4,8,11H,1-2,5-7,9H2,(H,18,21). The minimum Gasteiger partial charge on any atom is -0.491 e. The Kier molecular flexibility index (Phi) is 6.10. The smallest absolute Gasteiger partial charge is 0.344 e. The Morgan fingerprint density at radius 3 is 3.08 bits per heavy atom. The summed E-state index contributed by atoms with van der Waals surface area (Å²) in [6, 6.07) is 5.10. The Labute approximate surface area is 153 Å². The summed E-state index contributed by atoms with van der Waals surface area (Å²) in [5, 5.41) is 8.24. The lowest BCUT2D eigenvalue weighted by atomic mass is 10.2. The number of hydrogen-bond acceptors (Lipinski definition) is 5. The van der Waals surface area contributed by atoms with Crippen LogP contribution in [0.15, 0.2) is 28.2 Å². The maximum absolute atomic E-state index is 11.9. The quantitative estimate of drug-likeness (QED) is 0.581. The fourth-order valence-corrected chi connectivity index (χ4v) is 3.68. The van der Waals surface area contributed by atoms with Gasteiger partial charge >= 0.3 is 5.69 Å². The van der Waals surface area contributed by atoms with Gasteiger partial charge in [0.15, 0.2) is 5.16 Å². The summed E-state index contributed by atoms with van der Waals surface area (Å²) < 4.78 is 12.8. The third-order valence-electron chi connectivity index (χ3n) is 3.60. The highest BCUT2D eigenvalue weighted by atomic mass is 35.5. The average Bonchev–Trinajstić information content (AvgIpc) is 3.18. The number of hydrogen-bond donors (Lipinski definition) is 1. The van der Waals surface area contributed by atoms with Crippen LogP contribution in [-0.4, -0.2) is 39.8 Å². The molecule has 9 heteroatoms. The molecule has 0 saturated carbocycles. The first kappa shape index (κ1) is 17.7. The summed E-state index contributed by atoms with van der Waals surface area (Å²) in [6.07, 6.45) is 2.10. The van der Waals surface area contributed by atoms with Gasteiger partial charge in [-0.25, -0.2) is 9.89 Å². The molecular weight excluding hydrogens is 373 g/mol. The first-order valence-corrected chi connectivity index (χ1v) is 9.35. The van der Waals surface area contributed by atoms with Crippen LogP contribution < -0.4 is 10.4 Å². The van der Waals surface area contributed by atoms with Crippen LogP contribution in [0.5, 0.6) is 5.75 Å². The van der Waals surface area contributed by atoms with E-state index in [1.807, 2.05) is 0 Å². The molecule has 1 aliphatic heterocycles. The zero-order valence-corrected chi connectivity index (χ0v) is 15.2. The molecular formula is C15H17Cl2N3O3S. The maximum atomic E-state index is 11.9. The number of benzene rings is 1. The summed E-state index contributed by atoms with van der Waals surface area (Å²) in [6.45, 7) is 1.73. The van der Waals surface area contributed by atoms with Gasteiger partial charge in [0, 0.05) is 17.4 Å². The van der Waals surface area contributed by atoms with Crippen LogP contribution >= 0.6 is 35.0 Å². The van der Waals surface area contributed by atoms with Crippen LogP contribution in [-0.2, 0) is 11.3 Å². The minimum atomic E-state index is -0.213. The molecule has 0 bridgehead atoms. The van der Waals surface area contributed by atoms with Crippen LogP contribution in [0.25, 0.3) is 0 Å². The molecule has 1 aliphatic rings. The molecule has 3 rings (SSSR count). The predicted octanol–water partition coefficient (Wildman–Crippen LogP) is 3.23. The number of rotatable bonds is 7. The molecule has 0 aliphatic carbocycles. The Bertz CT molecular complexity index is 744. The highest BCUT2D eigenvalue weighted by Gasteiger charge is 2.19. The Hall–Kier alpha value is -1.15. The van der Waals surface area contributed by atoms with Crippen molar-refractivity contribution < 1.29 is 9.47 Å². The highest BCUT2D eigenvalue weighted by Crippen LogP contribution is 2.27. The molecule has 0 radical (unpaired) electrons. The van der Waals surface area contributed by atoms with Crippen molar-refractivity contribution in [3.8, 4) is 5.75 Å².